The largest absolute Gasteiger partial charge is 0.448 e. The molecule has 74 valence electrons. The zero-order valence-electron chi connectivity index (χ0n) is 7.98. The second kappa shape index (κ2) is 6.06. The van der Waals surface area contributed by atoms with Gasteiger partial charge in [-0.25, -0.2) is 0 Å². The predicted molar refractivity (Wildman–Crippen MR) is 54.9 cm³/mol. The molecule has 0 spiro atoms. The third kappa shape index (κ3) is 4.34. The van der Waals surface area contributed by atoms with Gasteiger partial charge < -0.3 is 9.73 Å². The molecule has 1 aromatic rings. The summed E-state index contributed by atoms with van der Waals surface area (Å²) in [6, 6.07) is 3.67. The van der Waals surface area contributed by atoms with Gasteiger partial charge in [0.2, 0.25) is 0 Å². The molecule has 1 rings (SSSR count). The number of furan rings is 1. The molecular formula is C10H16ClNO. The summed E-state index contributed by atoms with van der Waals surface area (Å²) in [5.74, 6) is 0.904. The van der Waals surface area contributed by atoms with Gasteiger partial charge in [0.15, 0.2) is 5.22 Å². The minimum absolute atomic E-state index is 0.463. The lowest BCUT2D eigenvalue weighted by molar-refractivity contribution is 0.480. The summed E-state index contributed by atoms with van der Waals surface area (Å²) < 4.78 is 5.19. The Morgan fingerprint density at radius 2 is 2.23 bits per heavy atom. The summed E-state index contributed by atoms with van der Waals surface area (Å²) >= 11 is 5.63. The van der Waals surface area contributed by atoms with Crippen LogP contribution in [0.3, 0.4) is 0 Å². The Hall–Kier alpha value is -0.470. The van der Waals surface area contributed by atoms with Crippen molar-refractivity contribution in [3.63, 3.8) is 0 Å². The molecule has 1 heterocycles. The minimum atomic E-state index is 0.463. The van der Waals surface area contributed by atoms with Gasteiger partial charge in [0.05, 0.1) is 6.54 Å². The zero-order valence-corrected chi connectivity index (χ0v) is 8.73. The molecular weight excluding hydrogens is 186 g/mol. The van der Waals surface area contributed by atoms with Crippen LogP contribution in [0.1, 0.15) is 31.9 Å². The Kier molecular flexibility index (Phi) is 4.94. The second-order valence-electron chi connectivity index (χ2n) is 3.09. The van der Waals surface area contributed by atoms with E-state index in [0.717, 1.165) is 18.8 Å². The molecule has 0 atom stereocenters. The Bertz CT molecular complexity index is 235. The van der Waals surface area contributed by atoms with Crippen LogP contribution in [-0.4, -0.2) is 6.54 Å². The van der Waals surface area contributed by atoms with Crippen molar-refractivity contribution in [2.24, 2.45) is 0 Å². The van der Waals surface area contributed by atoms with Gasteiger partial charge in [-0.2, -0.15) is 0 Å². The van der Waals surface area contributed by atoms with E-state index < -0.39 is 0 Å². The summed E-state index contributed by atoms with van der Waals surface area (Å²) in [6.07, 6.45) is 3.77. The fraction of sp³-hybridized carbons (Fsp3) is 0.600. The van der Waals surface area contributed by atoms with E-state index in [4.69, 9.17) is 16.0 Å². The molecule has 0 aliphatic carbocycles. The maximum atomic E-state index is 5.63. The van der Waals surface area contributed by atoms with Gasteiger partial charge >= 0.3 is 0 Å². The molecule has 13 heavy (non-hydrogen) atoms. The summed E-state index contributed by atoms with van der Waals surface area (Å²) in [6.45, 7) is 4.02. The van der Waals surface area contributed by atoms with Crippen LogP contribution in [0.2, 0.25) is 5.22 Å². The molecule has 0 amide bonds. The van der Waals surface area contributed by atoms with Gasteiger partial charge in [-0.05, 0) is 36.7 Å². The topological polar surface area (TPSA) is 25.2 Å². The monoisotopic (exact) mass is 201 g/mol. The smallest absolute Gasteiger partial charge is 0.193 e. The first-order valence-corrected chi connectivity index (χ1v) is 5.15. The minimum Gasteiger partial charge on any atom is -0.448 e. The average molecular weight is 202 g/mol. The molecule has 0 saturated carbocycles. The van der Waals surface area contributed by atoms with E-state index in [1.807, 2.05) is 6.07 Å². The van der Waals surface area contributed by atoms with E-state index in [9.17, 15) is 0 Å². The third-order valence-corrected chi connectivity index (χ3v) is 2.09. The quantitative estimate of drug-likeness (QED) is 0.715. The lowest BCUT2D eigenvalue weighted by Gasteiger charge is -2.00. The van der Waals surface area contributed by atoms with Crippen LogP contribution in [0.5, 0.6) is 0 Å². The number of halogens is 1. The van der Waals surface area contributed by atoms with E-state index >= 15 is 0 Å². The van der Waals surface area contributed by atoms with Crippen LogP contribution >= 0.6 is 11.6 Å². The van der Waals surface area contributed by atoms with Crippen molar-refractivity contribution >= 4 is 11.6 Å². The summed E-state index contributed by atoms with van der Waals surface area (Å²) in [5.41, 5.74) is 0. The Balaban J connectivity index is 2.06. The van der Waals surface area contributed by atoms with Crippen LogP contribution in [0, 0.1) is 0 Å². The highest BCUT2D eigenvalue weighted by Gasteiger charge is 1.97. The second-order valence-corrected chi connectivity index (χ2v) is 3.46. The molecule has 0 unspecified atom stereocenters. The maximum absolute atomic E-state index is 5.63. The highest BCUT2D eigenvalue weighted by Crippen LogP contribution is 2.12. The van der Waals surface area contributed by atoms with Crippen molar-refractivity contribution in [1.29, 1.82) is 0 Å². The van der Waals surface area contributed by atoms with Crippen molar-refractivity contribution in [2.75, 3.05) is 6.54 Å². The normalized spacial score (nSPS) is 10.6. The Labute approximate surface area is 84.3 Å². The van der Waals surface area contributed by atoms with Gasteiger partial charge in [0, 0.05) is 0 Å². The molecule has 0 saturated heterocycles. The number of nitrogens with one attached hydrogen (secondary N) is 1. The third-order valence-electron chi connectivity index (χ3n) is 1.89. The van der Waals surface area contributed by atoms with Crippen molar-refractivity contribution < 1.29 is 4.42 Å². The Morgan fingerprint density at radius 3 is 2.85 bits per heavy atom. The first-order chi connectivity index (χ1) is 6.33. The van der Waals surface area contributed by atoms with E-state index in [2.05, 4.69) is 12.2 Å². The zero-order chi connectivity index (χ0) is 9.52. The number of hydrogen-bond donors (Lipinski definition) is 1. The van der Waals surface area contributed by atoms with Gasteiger partial charge in [-0.3, -0.25) is 0 Å². The molecule has 0 bridgehead atoms. The van der Waals surface area contributed by atoms with E-state index in [1.165, 1.54) is 19.3 Å². The Morgan fingerprint density at radius 1 is 1.38 bits per heavy atom. The molecule has 0 radical (unpaired) electrons. The van der Waals surface area contributed by atoms with E-state index in [-0.39, 0.29) is 0 Å². The molecule has 1 aromatic heterocycles. The SMILES string of the molecule is CCCCCNCc1ccc(Cl)o1. The molecule has 1 N–H and O–H groups in total. The molecule has 2 nitrogen and oxygen atoms in total. The molecule has 0 fully saturated rings. The van der Waals surface area contributed by atoms with Gasteiger partial charge in [0.25, 0.3) is 0 Å². The highest BCUT2D eigenvalue weighted by atomic mass is 35.5. The van der Waals surface area contributed by atoms with Crippen LogP contribution in [0.4, 0.5) is 0 Å². The fourth-order valence-electron chi connectivity index (χ4n) is 1.16. The first kappa shape index (κ1) is 10.6. The van der Waals surface area contributed by atoms with Gasteiger partial charge in [0.1, 0.15) is 5.76 Å². The van der Waals surface area contributed by atoms with Crippen LogP contribution in [0.25, 0.3) is 0 Å². The fourth-order valence-corrected chi connectivity index (χ4v) is 1.32. The van der Waals surface area contributed by atoms with Crippen molar-refractivity contribution in [1.82, 2.24) is 5.32 Å². The van der Waals surface area contributed by atoms with E-state index in [1.54, 1.807) is 6.07 Å². The maximum Gasteiger partial charge on any atom is 0.193 e. The summed E-state index contributed by atoms with van der Waals surface area (Å²) in [5, 5.41) is 3.76. The van der Waals surface area contributed by atoms with Crippen molar-refractivity contribution in [3.8, 4) is 0 Å². The van der Waals surface area contributed by atoms with E-state index in [0.29, 0.717) is 5.22 Å². The summed E-state index contributed by atoms with van der Waals surface area (Å²) in [4.78, 5) is 0. The highest BCUT2D eigenvalue weighted by molar-refractivity contribution is 6.28. The number of unbranched alkanes of at least 4 members (excludes halogenated alkanes) is 2. The predicted octanol–water partition coefficient (Wildman–Crippen LogP) is 3.21. The molecule has 0 aliphatic heterocycles. The molecule has 0 aromatic carbocycles. The average Bonchev–Trinajstić information content (AvgIpc) is 2.51. The lowest BCUT2D eigenvalue weighted by atomic mass is 10.2. The number of hydrogen-bond acceptors (Lipinski definition) is 2. The van der Waals surface area contributed by atoms with Crippen molar-refractivity contribution in [2.45, 2.75) is 32.7 Å². The lowest BCUT2D eigenvalue weighted by Crippen LogP contribution is -2.13. The molecule has 0 aliphatic rings. The summed E-state index contributed by atoms with van der Waals surface area (Å²) in [7, 11) is 0. The first-order valence-electron chi connectivity index (χ1n) is 4.78. The van der Waals surface area contributed by atoms with Gasteiger partial charge in [-0.1, -0.05) is 19.8 Å². The van der Waals surface area contributed by atoms with Gasteiger partial charge in [-0.15, -0.1) is 0 Å². The molecule has 3 heteroatoms. The number of rotatable bonds is 6. The van der Waals surface area contributed by atoms with Crippen LogP contribution < -0.4 is 5.32 Å². The van der Waals surface area contributed by atoms with Crippen molar-refractivity contribution in [3.05, 3.63) is 23.1 Å². The van der Waals surface area contributed by atoms with Crippen LogP contribution in [-0.2, 0) is 6.54 Å². The standard InChI is InChI=1S/C10H16ClNO/c1-2-3-4-7-12-8-9-5-6-10(11)13-9/h5-6,12H,2-4,7-8H2,1H3. The van der Waals surface area contributed by atoms with Crippen LogP contribution in [0.15, 0.2) is 16.5 Å².